The second-order valence-corrected chi connectivity index (χ2v) is 5.43. The van der Waals surface area contributed by atoms with Crippen molar-refractivity contribution in [1.82, 2.24) is 4.90 Å². The highest BCUT2D eigenvalue weighted by molar-refractivity contribution is 5.71. The Morgan fingerprint density at radius 1 is 1.53 bits per heavy atom. The van der Waals surface area contributed by atoms with Gasteiger partial charge in [0.2, 0.25) is 0 Å². The monoisotopic (exact) mass is 263 g/mol. The molecule has 19 heavy (non-hydrogen) atoms. The summed E-state index contributed by atoms with van der Waals surface area (Å²) in [7, 11) is 0. The van der Waals surface area contributed by atoms with Crippen LogP contribution in [0.2, 0.25) is 0 Å². The van der Waals surface area contributed by atoms with Gasteiger partial charge in [-0.3, -0.25) is 4.90 Å². The molecule has 0 aromatic heterocycles. The zero-order valence-electron chi connectivity index (χ0n) is 11.8. The molecular weight excluding hydrogens is 241 g/mol. The fourth-order valence-corrected chi connectivity index (χ4v) is 2.29. The molecule has 1 aliphatic heterocycles. The van der Waals surface area contributed by atoms with Crippen LogP contribution in [0.15, 0.2) is 23.8 Å². The van der Waals surface area contributed by atoms with Crippen LogP contribution in [0.5, 0.6) is 0 Å². The van der Waals surface area contributed by atoms with E-state index in [2.05, 4.69) is 37.1 Å². The number of allylic oxidation sites excluding steroid dienone is 1. The van der Waals surface area contributed by atoms with Gasteiger partial charge in [-0.1, -0.05) is 11.6 Å². The number of benzene rings is 1. The van der Waals surface area contributed by atoms with E-state index >= 15 is 0 Å². The third-order valence-electron chi connectivity index (χ3n) is 3.58. The van der Waals surface area contributed by atoms with Crippen LogP contribution in [0.1, 0.15) is 26.3 Å². The summed E-state index contributed by atoms with van der Waals surface area (Å²) in [6.45, 7) is 8.49. The average molecular weight is 263 g/mol. The molecule has 0 spiro atoms. The second-order valence-electron chi connectivity index (χ2n) is 5.43. The summed E-state index contributed by atoms with van der Waals surface area (Å²) in [4.78, 5) is 2.26. The molecule has 1 aromatic rings. The van der Waals surface area contributed by atoms with Crippen LogP contribution in [0.25, 0.3) is 0 Å². The van der Waals surface area contributed by atoms with E-state index in [-0.39, 0.29) is 5.82 Å². The van der Waals surface area contributed by atoms with Crippen molar-refractivity contribution in [2.24, 2.45) is 0 Å². The predicted octanol–water partition coefficient (Wildman–Crippen LogP) is 2.99. The number of halogens is 1. The number of nitrogens with zero attached hydrogens (tertiary/aromatic N) is 1. The molecule has 0 radical (unpaired) electrons. The van der Waals surface area contributed by atoms with Crippen molar-refractivity contribution in [1.29, 1.82) is 0 Å². The quantitative estimate of drug-likeness (QED) is 0.636. The van der Waals surface area contributed by atoms with Gasteiger partial charge in [-0.25, -0.2) is 4.39 Å². The number of nitrogens with one attached hydrogen (secondary N) is 1. The number of fused-ring (bicyclic) bond motifs is 1. The lowest BCUT2D eigenvalue weighted by molar-refractivity contribution is 0.233. The summed E-state index contributed by atoms with van der Waals surface area (Å²) in [5.41, 5.74) is 9.26. The SMILES string of the molecule is CC(C)=CCN1Cc2c(F)ccc(N)c2NC[C@@H]1C. The van der Waals surface area contributed by atoms with Gasteiger partial charge in [-0.15, -0.1) is 0 Å². The molecule has 0 amide bonds. The summed E-state index contributed by atoms with van der Waals surface area (Å²) in [5, 5.41) is 3.27. The van der Waals surface area contributed by atoms with Crippen molar-refractivity contribution in [3.05, 3.63) is 35.2 Å². The topological polar surface area (TPSA) is 41.3 Å². The molecule has 1 aromatic carbocycles. The fraction of sp³-hybridized carbons (Fsp3) is 0.467. The van der Waals surface area contributed by atoms with Crippen LogP contribution >= 0.6 is 0 Å². The molecule has 0 unspecified atom stereocenters. The largest absolute Gasteiger partial charge is 0.397 e. The van der Waals surface area contributed by atoms with E-state index in [1.165, 1.54) is 11.6 Å². The lowest BCUT2D eigenvalue weighted by atomic mass is 10.1. The number of rotatable bonds is 2. The first-order valence-corrected chi connectivity index (χ1v) is 6.67. The van der Waals surface area contributed by atoms with Crippen molar-refractivity contribution in [3.63, 3.8) is 0 Å². The van der Waals surface area contributed by atoms with E-state index in [4.69, 9.17) is 5.73 Å². The Bertz CT molecular complexity index is 492. The molecule has 1 aliphatic rings. The number of nitrogen functional groups attached to an aromatic ring is 1. The van der Waals surface area contributed by atoms with Gasteiger partial charge >= 0.3 is 0 Å². The lowest BCUT2D eigenvalue weighted by Gasteiger charge is -2.25. The minimum Gasteiger partial charge on any atom is -0.397 e. The summed E-state index contributed by atoms with van der Waals surface area (Å²) in [6, 6.07) is 3.41. The molecule has 3 N–H and O–H groups in total. The van der Waals surface area contributed by atoms with E-state index in [0.29, 0.717) is 23.8 Å². The minimum absolute atomic E-state index is 0.187. The Morgan fingerprint density at radius 2 is 2.26 bits per heavy atom. The Kier molecular flexibility index (Phi) is 4.10. The van der Waals surface area contributed by atoms with Gasteiger partial charge < -0.3 is 11.1 Å². The molecule has 4 heteroatoms. The molecule has 0 saturated heterocycles. The van der Waals surface area contributed by atoms with Crippen molar-refractivity contribution in [2.75, 3.05) is 24.1 Å². The number of anilines is 2. The first kappa shape index (κ1) is 13.9. The fourth-order valence-electron chi connectivity index (χ4n) is 2.29. The van der Waals surface area contributed by atoms with E-state index in [9.17, 15) is 4.39 Å². The van der Waals surface area contributed by atoms with Crippen LogP contribution in [0.3, 0.4) is 0 Å². The normalized spacial score (nSPS) is 19.3. The van der Waals surface area contributed by atoms with Gasteiger partial charge in [-0.2, -0.15) is 0 Å². The molecule has 1 heterocycles. The van der Waals surface area contributed by atoms with Crippen LogP contribution < -0.4 is 11.1 Å². The van der Waals surface area contributed by atoms with Gasteiger partial charge in [0.05, 0.1) is 11.4 Å². The second kappa shape index (κ2) is 5.61. The van der Waals surface area contributed by atoms with E-state index in [0.717, 1.165) is 18.8 Å². The van der Waals surface area contributed by atoms with Crippen molar-refractivity contribution in [3.8, 4) is 0 Å². The summed E-state index contributed by atoms with van der Waals surface area (Å²) >= 11 is 0. The van der Waals surface area contributed by atoms with Gasteiger partial charge in [0.25, 0.3) is 0 Å². The number of hydrogen-bond donors (Lipinski definition) is 2. The zero-order chi connectivity index (χ0) is 14.0. The smallest absolute Gasteiger partial charge is 0.129 e. The standard InChI is InChI=1S/C15H22FN3/c1-10(2)6-7-19-9-12-13(16)4-5-14(17)15(12)18-8-11(19)3/h4-6,11,18H,7-9,17H2,1-3H3/t11-/m0/s1. The third kappa shape index (κ3) is 3.07. The molecule has 0 aliphatic carbocycles. The van der Waals surface area contributed by atoms with Crippen molar-refractivity contribution >= 4 is 11.4 Å². The number of nitrogens with two attached hydrogens (primary N) is 1. The Balaban J connectivity index is 2.30. The molecule has 2 rings (SSSR count). The molecule has 0 fully saturated rings. The highest BCUT2D eigenvalue weighted by Crippen LogP contribution is 2.30. The Morgan fingerprint density at radius 3 is 2.95 bits per heavy atom. The lowest BCUT2D eigenvalue weighted by Crippen LogP contribution is -2.35. The molecular formula is C15H22FN3. The zero-order valence-corrected chi connectivity index (χ0v) is 11.8. The maximum absolute atomic E-state index is 14.0. The average Bonchev–Trinajstić information content (AvgIpc) is 2.52. The molecule has 1 atom stereocenters. The van der Waals surface area contributed by atoms with Gasteiger partial charge in [0.15, 0.2) is 0 Å². The van der Waals surface area contributed by atoms with E-state index < -0.39 is 0 Å². The highest BCUT2D eigenvalue weighted by atomic mass is 19.1. The Hall–Kier alpha value is -1.55. The van der Waals surface area contributed by atoms with Crippen LogP contribution in [-0.4, -0.2) is 24.0 Å². The van der Waals surface area contributed by atoms with Gasteiger partial charge in [0, 0.05) is 31.2 Å². The summed E-state index contributed by atoms with van der Waals surface area (Å²) in [5.74, 6) is -0.187. The van der Waals surface area contributed by atoms with Crippen molar-refractivity contribution < 1.29 is 4.39 Å². The van der Waals surface area contributed by atoms with Gasteiger partial charge in [-0.05, 0) is 32.9 Å². The maximum atomic E-state index is 14.0. The maximum Gasteiger partial charge on any atom is 0.129 e. The molecule has 0 saturated carbocycles. The number of hydrogen-bond acceptors (Lipinski definition) is 3. The third-order valence-corrected chi connectivity index (χ3v) is 3.58. The first-order chi connectivity index (χ1) is 8.99. The molecule has 3 nitrogen and oxygen atoms in total. The first-order valence-electron chi connectivity index (χ1n) is 6.67. The Labute approximate surface area is 114 Å². The summed E-state index contributed by atoms with van der Waals surface area (Å²) < 4.78 is 14.0. The van der Waals surface area contributed by atoms with E-state index in [1.54, 1.807) is 6.07 Å². The molecule has 0 bridgehead atoms. The predicted molar refractivity (Wildman–Crippen MR) is 78.6 cm³/mol. The van der Waals surface area contributed by atoms with Crippen molar-refractivity contribution in [2.45, 2.75) is 33.4 Å². The van der Waals surface area contributed by atoms with Crippen LogP contribution in [0, 0.1) is 5.82 Å². The van der Waals surface area contributed by atoms with Gasteiger partial charge in [0.1, 0.15) is 5.82 Å². The minimum atomic E-state index is -0.187. The van der Waals surface area contributed by atoms with Crippen LogP contribution in [0.4, 0.5) is 15.8 Å². The highest BCUT2D eigenvalue weighted by Gasteiger charge is 2.23. The van der Waals surface area contributed by atoms with E-state index in [1.807, 2.05) is 0 Å². The summed E-state index contributed by atoms with van der Waals surface area (Å²) in [6.07, 6.45) is 2.17. The van der Waals surface area contributed by atoms with Crippen LogP contribution in [-0.2, 0) is 6.54 Å². The molecule has 104 valence electrons.